The number of hydrogen-bond acceptors (Lipinski definition) is 4. The van der Waals surface area contributed by atoms with Crippen molar-refractivity contribution in [3.63, 3.8) is 0 Å². The lowest BCUT2D eigenvalue weighted by Crippen LogP contribution is -1.99. The van der Waals surface area contributed by atoms with Crippen LogP contribution in [0.2, 0.25) is 5.02 Å². The van der Waals surface area contributed by atoms with Crippen LogP contribution in [0.1, 0.15) is 10.4 Å². The average molecular weight is 254 g/mol. The van der Waals surface area contributed by atoms with E-state index in [2.05, 4.69) is 10.1 Å². The lowest BCUT2D eigenvalue weighted by molar-refractivity contribution is 0.0696. The normalized spacial score (nSPS) is 10.2. The molecule has 88 valence electrons. The fourth-order valence-corrected chi connectivity index (χ4v) is 1.40. The first-order valence-electron chi connectivity index (χ1n) is 4.61. The van der Waals surface area contributed by atoms with Crippen LogP contribution >= 0.6 is 11.6 Å². The standard InChI is InChI=1S/C10H8ClN3O3/c1-14-5-6(3-13-14)17-9-2-7(10(15)16)8(11)4-12-9/h2-5H,1H3,(H,15,16). The van der Waals surface area contributed by atoms with E-state index in [4.69, 9.17) is 21.4 Å². The molecule has 0 aliphatic rings. The number of nitrogens with zero attached hydrogens (tertiary/aromatic N) is 3. The molecule has 7 heteroatoms. The van der Waals surface area contributed by atoms with Crippen LogP contribution in [0.25, 0.3) is 0 Å². The predicted octanol–water partition coefficient (Wildman–Crippen LogP) is 1.96. The molecular formula is C10H8ClN3O3. The van der Waals surface area contributed by atoms with Crippen LogP contribution in [0.5, 0.6) is 11.6 Å². The molecule has 2 rings (SSSR count). The molecule has 0 amide bonds. The van der Waals surface area contributed by atoms with Crippen LogP contribution in [0.4, 0.5) is 0 Å². The van der Waals surface area contributed by atoms with E-state index in [1.165, 1.54) is 18.5 Å². The van der Waals surface area contributed by atoms with Crippen molar-refractivity contribution in [2.75, 3.05) is 0 Å². The van der Waals surface area contributed by atoms with Gasteiger partial charge in [-0.1, -0.05) is 11.6 Å². The fourth-order valence-electron chi connectivity index (χ4n) is 1.21. The molecule has 0 saturated carbocycles. The number of hydrogen-bond donors (Lipinski definition) is 1. The number of halogens is 1. The average Bonchev–Trinajstić information content (AvgIpc) is 2.66. The van der Waals surface area contributed by atoms with Gasteiger partial charge in [0.05, 0.1) is 29.2 Å². The minimum atomic E-state index is -1.13. The van der Waals surface area contributed by atoms with Gasteiger partial charge in [-0.25, -0.2) is 9.78 Å². The third kappa shape index (κ3) is 2.54. The zero-order valence-corrected chi connectivity index (χ0v) is 9.55. The highest BCUT2D eigenvalue weighted by Gasteiger charge is 2.11. The van der Waals surface area contributed by atoms with E-state index in [1.807, 2.05) is 0 Å². The molecule has 0 atom stereocenters. The lowest BCUT2D eigenvalue weighted by Gasteiger charge is -2.03. The second kappa shape index (κ2) is 4.42. The highest BCUT2D eigenvalue weighted by Crippen LogP contribution is 2.23. The molecule has 0 bridgehead atoms. The SMILES string of the molecule is Cn1cc(Oc2cc(C(=O)O)c(Cl)cn2)cn1. The van der Waals surface area contributed by atoms with Gasteiger partial charge < -0.3 is 9.84 Å². The van der Waals surface area contributed by atoms with Crippen LogP contribution in [0.3, 0.4) is 0 Å². The number of ether oxygens (including phenoxy) is 1. The molecule has 0 aliphatic heterocycles. The van der Waals surface area contributed by atoms with Gasteiger partial charge in [-0.05, 0) is 0 Å². The number of pyridine rings is 1. The van der Waals surface area contributed by atoms with E-state index < -0.39 is 5.97 Å². The molecule has 6 nitrogen and oxygen atoms in total. The number of aromatic carboxylic acids is 1. The second-order valence-corrected chi connectivity index (χ2v) is 3.67. The number of carboxylic acid groups (broad SMARTS) is 1. The van der Waals surface area contributed by atoms with Gasteiger partial charge in [-0.15, -0.1) is 0 Å². The van der Waals surface area contributed by atoms with Crippen molar-refractivity contribution >= 4 is 17.6 Å². The molecule has 17 heavy (non-hydrogen) atoms. The summed E-state index contributed by atoms with van der Waals surface area (Å²) in [6, 6.07) is 1.26. The summed E-state index contributed by atoms with van der Waals surface area (Å²) < 4.78 is 6.89. The monoisotopic (exact) mass is 253 g/mol. The molecule has 0 aromatic carbocycles. The van der Waals surface area contributed by atoms with E-state index in [-0.39, 0.29) is 16.5 Å². The number of aryl methyl sites for hydroxylation is 1. The van der Waals surface area contributed by atoms with Crippen LogP contribution < -0.4 is 4.74 Å². The number of rotatable bonds is 3. The lowest BCUT2D eigenvalue weighted by atomic mass is 10.3. The summed E-state index contributed by atoms with van der Waals surface area (Å²) in [4.78, 5) is 14.7. The van der Waals surface area contributed by atoms with Crippen molar-refractivity contribution in [1.82, 2.24) is 14.8 Å². The maximum absolute atomic E-state index is 10.8. The molecule has 0 radical (unpaired) electrons. The van der Waals surface area contributed by atoms with Crippen LogP contribution in [-0.2, 0) is 7.05 Å². The molecular weight excluding hydrogens is 246 g/mol. The summed E-state index contributed by atoms with van der Waals surface area (Å²) in [6.07, 6.45) is 4.37. The van der Waals surface area contributed by atoms with Crippen molar-refractivity contribution < 1.29 is 14.6 Å². The first-order valence-corrected chi connectivity index (χ1v) is 4.99. The molecule has 2 heterocycles. The summed E-state index contributed by atoms with van der Waals surface area (Å²) in [5, 5.41) is 12.9. The quantitative estimate of drug-likeness (QED) is 0.905. The molecule has 2 aromatic rings. The summed E-state index contributed by atoms with van der Waals surface area (Å²) in [5.41, 5.74) is -0.0550. The fraction of sp³-hybridized carbons (Fsp3) is 0.100. The predicted molar refractivity (Wildman–Crippen MR) is 59.5 cm³/mol. The Morgan fingerprint density at radius 1 is 1.53 bits per heavy atom. The zero-order chi connectivity index (χ0) is 12.4. The smallest absolute Gasteiger partial charge is 0.337 e. The van der Waals surface area contributed by atoms with E-state index in [9.17, 15) is 4.79 Å². The minimum absolute atomic E-state index is 0.0550. The molecule has 2 aromatic heterocycles. The van der Waals surface area contributed by atoms with Crippen LogP contribution in [0, 0.1) is 0 Å². The Kier molecular flexibility index (Phi) is 2.97. The largest absolute Gasteiger partial charge is 0.478 e. The van der Waals surface area contributed by atoms with Crippen molar-refractivity contribution in [3.05, 3.63) is 35.2 Å². The number of carboxylic acids is 1. The highest BCUT2D eigenvalue weighted by atomic mass is 35.5. The third-order valence-corrected chi connectivity index (χ3v) is 2.27. The Balaban J connectivity index is 2.28. The van der Waals surface area contributed by atoms with Gasteiger partial charge in [0.15, 0.2) is 5.75 Å². The summed E-state index contributed by atoms with van der Waals surface area (Å²) in [5.74, 6) is -0.508. The van der Waals surface area contributed by atoms with E-state index in [0.717, 1.165) is 0 Å². The van der Waals surface area contributed by atoms with Gasteiger partial charge in [0.25, 0.3) is 0 Å². The minimum Gasteiger partial charge on any atom is -0.478 e. The van der Waals surface area contributed by atoms with Crippen LogP contribution in [-0.4, -0.2) is 25.8 Å². The highest BCUT2D eigenvalue weighted by molar-refractivity contribution is 6.33. The van der Waals surface area contributed by atoms with E-state index in [1.54, 1.807) is 17.9 Å². The molecule has 0 unspecified atom stereocenters. The van der Waals surface area contributed by atoms with Gasteiger partial charge in [0.2, 0.25) is 5.88 Å². The number of aromatic nitrogens is 3. The summed E-state index contributed by atoms with van der Waals surface area (Å²) >= 11 is 5.68. The Morgan fingerprint density at radius 2 is 2.29 bits per heavy atom. The Bertz CT molecular complexity index is 568. The first kappa shape index (κ1) is 11.4. The summed E-state index contributed by atoms with van der Waals surface area (Å²) in [7, 11) is 1.74. The Hall–Kier alpha value is -2.08. The molecule has 0 fully saturated rings. The van der Waals surface area contributed by atoms with Crippen molar-refractivity contribution in [2.24, 2.45) is 7.05 Å². The third-order valence-electron chi connectivity index (χ3n) is 1.96. The van der Waals surface area contributed by atoms with Crippen LogP contribution in [0.15, 0.2) is 24.7 Å². The molecule has 0 saturated heterocycles. The van der Waals surface area contributed by atoms with Gasteiger partial charge in [0.1, 0.15) is 0 Å². The van der Waals surface area contributed by atoms with Crippen molar-refractivity contribution in [2.45, 2.75) is 0 Å². The van der Waals surface area contributed by atoms with Gasteiger partial charge in [-0.3, -0.25) is 4.68 Å². The van der Waals surface area contributed by atoms with Gasteiger partial charge >= 0.3 is 5.97 Å². The maximum atomic E-state index is 10.8. The van der Waals surface area contributed by atoms with E-state index >= 15 is 0 Å². The van der Waals surface area contributed by atoms with Crippen molar-refractivity contribution in [3.8, 4) is 11.6 Å². The second-order valence-electron chi connectivity index (χ2n) is 3.26. The molecule has 0 spiro atoms. The van der Waals surface area contributed by atoms with Gasteiger partial charge in [0, 0.05) is 13.1 Å². The Labute approximate surface area is 101 Å². The topological polar surface area (TPSA) is 77.2 Å². The first-order chi connectivity index (χ1) is 8.06. The zero-order valence-electron chi connectivity index (χ0n) is 8.79. The van der Waals surface area contributed by atoms with Crippen molar-refractivity contribution in [1.29, 1.82) is 0 Å². The number of carbonyl (C=O) groups is 1. The Morgan fingerprint density at radius 3 is 2.88 bits per heavy atom. The summed E-state index contributed by atoms with van der Waals surface area (Å²) in [6.45, 7) is 0. The maximum Gasteiger partial charge on any atom is 0.337 e. The molecule has 0 aliphatic carbocycles. The van der Waals surface area contributed by atoms with Gasteiger partial charge in [-0.2, -0.15) is 5.10 Å². The molecule has 1 N–H and O–H groups in total. The van der Waals surface area contributed by atoms with E-state index in [0.29, 0.717) is 5.75 Å².